The minimum atomic E-state index is -3.56. The van der Waals surface area contributed by atoms with E-state index in [1.54, 1.807) is 51.4 Å². The Labute approximate surface area is 203 Å². The summed E-state index contributed by atoms with van der Waals surface area (Å²) < 4.78 is 31.9. The van der Waals surface area contributed by atoms with Crippen molar-refractivity contribution in [2.24, 2.45) is 5.73 Å². The first-order valence-electron chi connectivity index (χ1n) is 11.1. The van der Waals surface area contributed by atoms with Crippen LogP contribution in [0.4, 0.5) is 10.6 Å². The molecular formula is C23H30N6O5S. The first kappa shape index (κ1) is 26.1. The number of nitrogens with zero attached hydrogens (tertiary/aromatic N) is 2. The number of sulfonamides is 1. The van der Waals surface area contributed by atoms with Gasteiger partial charge in [-0.1, -0.05) is 6.07 Å². The highest BCUT2D eigenvalue weighted by molar-refractivity contribution is 7.89. The predicted octanol–water partition coefficient (Wildman–Crippen LogP) is 2.13. The summed E-state index contributed by atoms with van der Waals surface area (Å²) in [5.74, 6) is -0.199. The highest BCUT2D eigenvalue weighted by atomic mass is 32.2. The van der Waals surface area contributed by atoms with Gasteiger partial charge in [0.1, 0.15) is 11.4 Å². The molecule has 0 spiro atoms. The molecule has 0 aliphatic carbocycles. The maximum atomic E-state index is 12.2. The SMILES string of the molecule is CC(C)(C)OC(=O)NCCS(=O)(=O)NCCCNc1nc2cc(C(N)=O)ccc2c2cnccc12. The Hall–Kier alpha value is -3.51. The van der Waals surface area contributed by atoms with Gasteiger partial charge in [0.2, 0.25) is 15.9 Å². The van der Waals surface area contributed by atoms with E-state index in [1.807, 2.05) is 6.07 Å². The standard InChI is InChI=1S/C23H30N6O5S/c1-23(2,3)34-22(31)27-11-12-35(32,33)28-9-4-8-26-21-17-7-10-25-14-18(17)16-6-5-15(20(24)30)13-19(16)29-21/h5-7,10,13-14,28H,4,8-9,11-12H2,1-3H3,(H2,24,30)(H,26,29)(H,27,31). The van der Waals surface area contributed by atoms with Crippen LogP contribution in [0.2, 0.25) is 0 Å². The van der Waals surface area contributed by atoms with Crippen LogP contribution < -0.4 is 21.1 Å². The third kappa shape index (κ3) is 7.49. The lowest BCUT2D eigenvalue weighted by Crippen LogP contribution is -2.37. The van der Waals surface area contributed by atoms with Crippen LogP contribution >= 0.6 is 0 Å². The molecule has 35 heavy (non-hydrogen) atoms. The number of primary amides is 1. The number of amides is 2. The second kappa shape index (κ2) is 10.8. The summed E-state index contributed by atoms with van der Waals surface area (Å²) in [6.07, 6.45) is 3.23. The van der Waals surface area contributed by atoms with E-state index in [9.17, 15) is 18.0 Å². The van der Waals surface area contributed by atoms with E-state index >= 15 is 0 Å². The number of ether oxygens (including phenoxy) is 1. The van der Waals surface area contributed by atoms with E-state index in [2.05, 4.69) is 25.3 Å². The number of hydrogen-bond acceptors (Lipinski definition) is 8. The topological polar surface area (TPSA) is 165 Å². The number of fused-ring (bicyclic) bond motifs is 3. The first-order chi connectivity index (χ1) is 16.5. The van der Waals surface area contributed by atoms with Crippen molar-refractivity contribution in [2.75, 3.05) is 30.7 Å². The number of nitrogens with one attached hydrogen (secondary N) is 3. The van der Waals surface area contributed by atoms with Gasteiger partial charge < -0.3 is 21.1 Å². The average molecular weight is 503 g/mol. The third-order valence-electron chi connectivity index (χ3n) is 4.89. The van der Waals surface area contributed by atoms with Crippen molar-refractivity contribution in [3.8, 4) is 0 Å². The van der Waals surface area contributed by atoms with Gasteiger partial charge >= 0.3 is 6.09 Å². The monoisotopic (exact) mass is 502 g/mol. The largest absolute Gasteiger partial charge is 0.444 e. The molecule has 2 amide bonds. The zero-order valence-electron chi connectivity index (χ0n) is 19.9. The van der Waals surface area contributed by atoms with Crippen LogP contribution in [-0.4, -0.2) is 61.4 Å². The fourth-order valence-corrected chi connectivity index (χ4v) is 4.30. The molecule has 188 valence electrons. The number of alkyl carbamates (subject to hydrolysis) is 1. The maximum absolute atomic E-state index is 12.2. The molecule has 2 heterocycles. The molecule has 5 N–H and O–H groups in total. The maximum Gasteiger partial charge on any atom is 0.407 e. The molecule has 0 saturated carbocycles. The second-order valence-corrected chi connectivity index (χ2v) is 10.8. The van der Waals surface area contributed by atoms with Crippen LogP contribution in [0.25, 0.3) is 21.7 Å². The molecule has 2 aromatic heterocycles. The number of benzene rings is 1. The third-order valence-corrected chi connectivity index (χ3v) is 6.27. The molecule has 0 bridgehead atoms. The highest BCUT2D eigenvalue weighted by Crippen LogP contribution is 2.29. The molecule has 0 saturated heterocycles. The lowest BCUT2D eigenvalue weighted by molar-refractivity contribution is 0.0531. The van der Waals surface area contributed by atoms with Gasteiger partial charge in [-0.05, 0) is 45.4 Å². The zero-order chi connectivity index (χ0) is 25.6. The van der Waals surface area contributed by atoms with Crippen LogP contribution in [0, 0.1) is 0 Å². The molecule has 0 atom stereocenters. The molecular weight excluding hydrogens is 472 g/mol. The normalized spacial score (nSPS) is 12.0. The summed E-state index contributed by atoms with van der Waals surface area (Å²) in [5.41, 5.74) is 5.70. The van der Waals surface area contributed by atoms with Crippen molar-refractivity contribution >= 4 is 49.5 Å². The van der Waals surface area contributed by atoms with Crippen LogP contribution in [0.3, 0.4) is 0 Å². The number of pyridine rings is 2. The Balaban J connectivity index is 1.55. The Morgan fingerprint density at radius 2 is 1.83 bits per heavy atom. The van der Waals surface area contributed by atoms with Gasteiger partial charge in [-0.2, -0.15) is 0 Å². The van der Waals surface area contributed by atoms with E-state index in [4.69, 9.17) is 10.5 Å². The van der Waals surface area contributed by atoms with Crippen molar-refractivity contribution in [1.82, 2.24) is 20.0 Å². The number of aromatic nitrogens is 2. The summed E-state index contributed by atoms with van der Waals surface area (Å²) in [7, 11) is -3.56. The Kier molecular flexibility index (Phi) is 8.07. The number of carbonyl (C=O) groups excluding carboxylic acids is 2. The van der Waals surface area contributed by atoms with Crippen LogP contribution in [-0.2, 0) is 14.8 Å². The lowest BCUT2D eigenvalue weighted by Gasteiger charge is -2.19. The smallest absolute Gasteiger partial charge is 0.407 e. The summed E-state index contributed by atoms with van der Waals surface area (Å²) >= 11 is 0. The number of carbonyl (C=O) groups is 2. The van der Waals surface area contributed by atoms with Gasteiger partial charge in [-0.25, -0.2) is 22.9 Å². The molecule has 3 aromatic rings. The van der Waals surface area contributed by atoms with Crippen molar-refractivity contribution in [1.29, 1.82) is 0 Å². The molecule has 3 rings (SSSR count). The Bertz CT molecular complexity index is 1340. The Morgan fingerprint density at radius 3 is 2.54 bits per heavy atom. The quantitative estimate of drug-likeness (QED) is 0.242. The van der Waals surface area contributed by atoms with Gasteiger partial charge in [0.05, 0.1) is 11.3 Å². The lowest BCUT2D eigenvalue weighted by atomic mass is 10.1. The van der Waals surface area contributed by atoms with Crippen molar-refractivity contribution in [3.63, 3.8) is 0 Å². The summed E-state index contributed by atoms with van der Waals surface area (Å²) in [6, 6.07) is 6.92. The van der Waals surface area contributed by atoms with Crippen LogP contribution in [0.1, 0.15) is 37.6 Å². The van der Waals surface area contributed by atoms with Gasteiger partial charge in [-0.3, -0.25) is 9.78 Å². The summed E-state index contributed by atoms with van der Waals surface area (Å²) in [5, 5.41) is 8.23. The van der Waals surface area contributed by atoms with E-state index < -0.39 is 27.6 Å². The van der Waals surface area contributed by atoms with Crippen LogP contribution in [0.15, 0.2) is 36.7 Å². The van der Waals surface area contributed by atoms with Gasteiger partial charge in [0.15, 0.2) is 0 Å². The van der Waals surface area contributed by atoms with Crippen LogP contribution in [0.5, 0.6) is 0 Å². The number of hydrogen-bond donors (Lipinski definition) is 4. The molecule has 0 aliphatic rings. The Morgan fingerprint density at radius 1 is 1.06 bits per heavy atom. The molecule has 12 heteroatoms. The minimum Gasteiger partial charge on any atom is -0.444 e. The van der Waals surface area contributed by atoms with Crippen molar-refractivity contribution in [3.05, 3.63) is 42.2 Å². The fraction of sp³-hybridized carbons (Fsp3) is 0.391. The van der Waals surface area contributed by atoms with E-state index in [0.29, 0.717) is 29.9 Å². The zero-order valence-corrected chi connectivity index (χ0v) is 20.7. The second-order valence-electron chi connectivity index (χ2n) is 8.90. The predicted molar refractivity (Wildman–Crippen MR) is 135 cm³/mol. The molecule has 1 aromatic carbocycles. The van der Waals surface area contributed by atoms with E-state index in [0.717, 1.165) is 16.2 Å². The number of nitrogens with two attached hydrogens (primary N) is 1. The van der Waals surface area contributed by atoms with Gasteiger partial charge in [0, 0.05) is 53.8 Å². The molecule has 0 fully saturated rings. The van der Waals surface area contributed by atoms with E-state index in [-0.39, 0.29) is 18.8 Å². The summed E-state index contributed by atoms with van der Waals surface area (Å²) in [4.78, 5) is 32.0. The molecule has 0 aliphatic heterocycles. The van der Waals surface area contributed by atoms with Crippen molar-refractivity contribution < 1.29 is 22.7 Å². The molecule has 0 unspecified atom stereocenters. The molecule has 11 nitrogen and oxygen atoms in total. The first-order valence-corrected chi connectivity index (χ1v) is 12.8. The average Bonchev–Trinajstić information content (AvgIpc) is 2.77. The number of anilines is 1. The van der Waals surface area contributed by atoms with Gasteiger partial charge in [-0.15, -0.1) is 0 Å². The van der Waals surface area contributed by atoms with E-state index in [1.165, 1.54) is 0 Å². The molecule has 0 radical (unpaired) electrons. The number of rotatable bonds is 10. The summed E-state index contributed by atoms with van der Waals surface area (Å²) in [6.45, 7) is 5.78. The van der Waals surface area contributed by atoms with Gasteiger partial charge in [0.25, 0.3) is 0 Å². The fourth-order valence-electron chi connectivity index (χ4n) is 3.33. The van der Waals surface area contributed by atoms with Crippen molar-refractivity contribution in [2.45, 2.75) is 32.8 Å². The highest BCUT2D eigenvalue weighted by Gasteiger charge is 2.17. The minimum absolute atomic E-state index is 0.0587.